The molecule has 0 saturated carbocycles. The molecular weight excluding hydrogens is 337 g/mol. The molecule has 0 aromatic heterocycles. The highest BCUT2D eigenvalue weighted by atomic mass is 35.5. The normalized spacial score (nSPS) is 10.7. The number of phenols is 1. The van der Waals surface area contributed by atoms with Crippen LogP contribution >= 0.6 is 58.0 Å². The average molecular weight is 342 g/mol. The van der Waals surface area contributed by atoms with E-state index >= 15 is 0 Å². The van der Waals surface area contributed by atoms with Crippen molar-refractivity contribution in [3.8, 4) is 16.9 Å². The first-order valence-corrected chi connectivity index (χ1v) is 6.62. The molecule has 0 spiro atoms. The molecule has 2 aromatic carbocycles. The van der Waals surface area contributed by atoms with Gasteiger partial charge in [-0.3, -0.25) is 0 Å². The first-order chi connectivity index (χ1) is 8.40. The Morgan fingerprint density at radius 3 is 1.94 bits per heavy atom. The van der Waals surface area contributed by atoms with Crippen LogP contribution in [0, 0.1) is 0 Å². The molecule has 0 aliphatic rings. The summed E-state index contributed by atoms with van der Waals surface area (Å²) in [7, 11) is 0. The lowest BCUT2D eigenvalue weighted by Gasteiger charge is -2.10. The monoisotopic (exact) mass is 340 g/mol. The minimum atomic E-state index is -0.124. The maximum atomic E-state index is 9.64. The van der Waals surface area contributed by atoms with Crippen LogP contribution in [-0.4, -0.2) is 5.11 Å². The van der Waals surface area contributed by atoms with Gasteiger partial charge in [0, 0.05) is 22.2 Å². The van der Waals surface area contributed by atoms with Crippen molar-refractivity contribution >= 4 is 58.0 Å². The number of aromatic hydroxyl groups is 1. The molecule has 0 aliphatic heterocycles. The fourth-order valence-electron chi connectivity index (χ4n) is 1.50. The molecule has 1 N–H and O–H groups in total. The van der Waals surface area contributed by atoms with Gasteiger partial charge < -0.3 is 5.11 Å². The van der Waals surface area contributed by atoms with Crippen molar-refractivity contribution in [2.24, 2.45) is 0 Å². The lowest BCUT2D eigenvalue weighted by molar-refractivity contribution is 0.476. The molecule has 2 rings (SSSR count). The topological polar surface area (TPSA) is 20.2 Å². The van der Waals surface area contributed by atoms with E-state index in [-0.39, 0.29) is 10.8 Å². The third kappa shape index (κ3) is 2.66. The van der Waals surface area contributed by atoms with Gasteiger partial charge in [0.15, 0.2) is 0 Å². The summed E-state index contributed by atoms with van der Waals surface area (Å²) in [5, 5.41) is 11.2. The molecule has 18 heavy (non-hydrogen) atoms. The van der Waals surface area contributed by atoms with Crippen LogP contribution in [0.1, 0.15) is 0 Å². The summed E-state index contributed by atoms with van der Waals surface area (Å²) < 4.78 is 0. The highest BCUT2D eigenvalue weighted by Crippen LogP contribution is 2.42. The van der Waals surface area contributed by atoms with Crippen molar-refractivity contribution in [1.82, 2.24) is 0 Å². The van der Waals surface area contributed by atoms with Crippen LogP contribution in [-0.2, 0) is 0 Å². The lowest BCUT2D eigenvalue weighted by Crippen LogP contribution is -1.84. The number of benzene rings is 2. The Balaban J connectivity index is 2.73. The van der Waals surface area contributed by atoms with Crippen molar-refractivity contribution in [3.05, 3.63) is 49.4 Å². The first kappa shape index (κ1) is 14.1. The summed E-state index contributed by atoms with van der Waals surface area (Å²) >= 11 is 29.8. The molecule has 0 atom stereocenters. The Morgan fingerprint density at radius 1 is 0.667 bits per heavy atom. The molecule has 0 heterocycles. The van der Waals surface area contributed by atoms with E-state index in [9.17, 15) is 5.11 Å². The summed E-state index contributed by atoms with van der Waals surface area (Å²) in [4.78, 5) is 0. The van der Waals surface area contributed by atoms with Crippen molar-refractivity contribution in [3.63, 3.8) is 0 Å². The van der Waals surface area contributed by atoms with Gasteiger partial charge in [0.25, 0.3) is 0 Å². The van der Waals surface area contributed by atoms with E-state index in [4.69, 9.17) is 58.0 Å². The zero-order valence-corrected chi connectivity index (χ0v) is 12.4. The molecule has 0 aliphatic carbocycles. The van der Waals surface area contributed by atoms with E-state index in [1.54, 1.807) is 12.1 Å². The second kappa shape index (κ2) is 5.36. The van der Waals surface area contributed by atoms with E-state index in [2.05, 4.69) is 0 Å². The van der Waals surface area contributed by atoms with Gasteiger partial charge in [-0.2, -0.15) is 0 Å². The predicted molar refractivity (Wildman–Crippen MR) is 78.6 cm³/mol. The number of phenolic OH excluding ortho intramolecular Hbond substituents is 1. The molecule has 0 fully saturated rings. The molecule has 94 valence electrons. The van der Waals surface area contributed by atoms with E-state index in [0.29, 0.717) is 31.2 Å². The van der Waals surface area contributed by atoms with E-state index in [0.717, 1.165) is 0 Å². The van der Waals surface area contributed by atoms with Crippen LogP contribution in [0.3, 0.4) is 0 Å². The van der Waals surface area contributed by atoms with Crippen LogP contribution in [0.4, 0.5) is 0 Å². The third-order valence-corrected chi connectivity index (χ3v) is 3.97. The SMILES string of the molecule is Oc1cc(Cl)cc(-c2cc(Cl)c(Cl)cc2Cl)c1Cl. The van der Waals surface area contributed by atoms with Gasteiger partial charge in [-0.25, -0.2) is 0 Å². The van der Waals surface area contributed by atoms with Crippen molar-refractivity contribution in [1.29, 1.82) is 0 Å². The number of rotatable bonds is 1. The van der Waals surface area contributed by atoms with Crippen LogP contribution in [0.25, 0.3) is 11.1 Å². The molecule has 0 saturated heterocycles. The smallest absolute Gasteiger partial charge is 0.136 e. The number of hydrogen-bond acceptors (Lipinski definition) is 1. The first-order valence-electron chi connectivity index (χ1n) is 4.73. The van der Waals surface area contributed by atoms with Gasteiger partial charge in [-0.05, 0) is 18.2 Å². The Morgan fingerprint density at radius 2 is 1.28 bits per heavy atom. The predicted octanol–water partition coefficient (Wildman–Crippen LogP) is 6.33. The molecular formula is C12H5Cl5O. The molecule has 0 radical (unpaired) electrons. The minimum Gasteiger partial charge on any atom is -0.506 e. The average Bonchev–Trinajstić information content (AvgIpc) is 2.29. The van der Waals surface area contributed by atoms with E-state index in [1.165, 1.54) is 12.1 Å². The summed E-state index contributed by atoms with van der Waals surface area (Å²) in [6.07, 6.45) is 0. The summed E-state index contributed by atoms with van der Waals surface area (Å²) in [6, 6.07) is 6.02. The highest BCUT2D eigenvalue weighted by molar-refractivity contribution is 6.44. The van der Waals surface area contributed by atoms with E-state index < -0.39 is 0 Å². The van der Waals surface area contributed by atoms with Gasteiger partial charge in [0.1, 0.15) is 5.75 Å². The second-order valence-electron chi connectivity index (χ2n) is 3.53. The Bertz CT molecular complexity index is 624. The lowest BCUT2D eigenvalue weighted by atomic mass is 10.1. The van der Waals surface area contributed by atoms with Gasteiger partial charge in [-0.1, -0.05) is 58.0 Å². The zero-order valence-electron chi connectivity index (χ0n) is 8.65. The van der Waals surface area contributed by atoms with Crippen molar-refractivity contribution in [2.45, 2.75) is 0 Å². The Kier molecular flexibility index (Phi) is 4.20. The summed E-state index contributed by atoms with van der Waals surface area (Å²) in [6.45, 7) is 0. The van der Waals surface area contributed by atoms with Gasteiger partial charge in [-0.15, -0.1) is 0 Å². The molecule has 2 aromatic rings. The third-order valence-electron chi connectivity index (χ3n) is 2.32. The fourth-order valence-corrected chi connectivity index (χ4v) is 2.57. The van der Waals surface area contributed by atoms with Crippen LogP contribution < -0.4 is 0 Å². The van der Waals surface area contributed by atoms with Gasteiger partial charge in [0.05, 0.1) is 20.1 Å². The molecule has 0 unspecified atom stereocenters. The maximum absolute atomic E-state index is 9.64. The van der Waals surface area contributed by atoms with Crippen molar-refractivity contribution in [2.75, 3.05) is 0 Å². The number of halogens is 5. The molecule has 0 amide bonds. The summed E-state index contributed by atoms with van der Waals surface area (Å²) in [5.74, 6) is -0.124. The molecule has 1 nitrogen and oxygen atoms in total. The molecule has 6 heteroatoms. The quantitative estimate of drug-likeness (QED) is 0.601. The van der Waals surface area contributed by atoms with Gasteiger partial charge >= 0.3 is 0 Å². The maximum Gasteiger partial charge on any atom is 0.136 e. The van der Waals surface area contributed by atoms with Gasteiger partial charge in [0.2, 0.25) is 0 Å². The number of hydrogen-bond donors (Lipinski definition) is 1. The van der Waals surface area contributed by atoms with Crippen LogP contribution in [0.15, 0.2) is 24.3 Å². The molecule has 0 bridgehead atoms. The van der Waals surface area contributed by atoms with Crippen LogP contribution in [0.2, 0.25) is 25.1 Å². The van der Waals surface area contributed by atoms with Crippen molar-refractivity contribution < 1.29 is 5.11 Å². The van der Waals surface area contributed by atoms with Crippen LogP contribution in [0.5, 0.6) is 5.75 Å². The fraction of sp³-hybridized carbons (Fsp3) is 0. The zero-order chi connectivity index (χ0) is 13.4. The largest absolute Gasteiger partial charge is 0.506 e. The standard InChI is InChI=1S/C12H5Cl5O/c13-5-1-7(12(17)11(18)2-5)6-3-9(15)10(16)4-8(6)14/h1-4,18H. The Labute approximate surface area is 129 Å². The summed E-state index contributed by atoms with van der Waals surface area (Å²) in [5.41, 5.74) is 1.04. The minimum absolute atomic E-state index is 0.124. The second-order valence-corrected chi connectivity index (χ2v) is 5.57. The highest BCUT2D eigenvalue weighted by Gasteiger charge is 2.14. The van der Waals surface area contributed by atoms with E-state index in [1.807, 2.05) is 0 Å². The Hall–Kier alpha value is -0.310.